The Balaban J connectivity index is 1.24. The van der Waals surface area contributed by atoms with E-state index in [2.05, 4.69) is 25.3 Å². The number of aromatic nitrogens is 2. The summed E-state index contributed by atoms with van der Waals surface area (Å²) in [4.78, 5) is 51.1. The van der Waals surface area contributed by atoms with Gasteiger partial charge in [-0.1, -0.05) is 48.9 Å². The van der Waals surface area contributed by atoms with Crippen molar-refractivity contribution in [1.29, 1.82) is 0 Å². The summed E-state index contributed by atoms with van der Waals surface area (Å²) in [6, 6.07) is 9.86. The number of hydrogen-bond acceptors (Lipinski definition) is 9. The molecule has 0 radical (unpaired) electrons. The number of benzene rings is 1. The van der Waals surface area contributed by atoms with Gasteiger partial charge in [0.15, 0.2) is 0 Å². The van der Waals surface area contributed by atoms with Gasteiger partial charge in [-0.15, -0.1) is 0 Å². The van der Waals surface area contributed by atoms with Crippen LogP contribution in [0, 0.1) is 5.92 Å². The van der Waals surface area contributed by atoms with Crippen LogP contribution in [0.1, 0.15) is 58.3 Å². The van der Waals surface area contributed by atoms with Crippen LogP contribution in [0.2, 0.25) is 0 Å². The summed E-state index contributed by atoms with van der Waals surface area (Å²) >= 11 is 0. The normalized spacial score (nSPS) is 27.5. The van der Waals surface area contributed by atoms with E-state index in [1.165, 1.54) is 12.0 Å². The fourth-order valence-corrected chi connectivity index (χ4v) is 7.34. The molecule has 13 nitrogen and oxygen atoms in total. The number of hydrogen-bond donors (Lipinski definition) is 3. The summed E-state index contributed by atoms with van der Waals surface area (Å²) in [6.45, 7) is 2.14. The Morgan fingerprint density at radius 1 is 1.11 bits per heavy atom. The third-order valence-electron chi connectivity index (χ3n) is 9.34. The van der Waals surface area contributed by atoms with Crippen LogP contribution in [0.15, 0.2) is 48.6 Å². The molecule has 4 amide bonds. The quantitative estimate of drug-likeness (QED) is 0.381. The van der Waals surface area contributed by atoms with Crippen molar-refractivity contribution in [2.45, 2.75) is 80.7 Å². The molecule has 4 aliphatic rings. The number of ether oxygens (including phenoxy) is 2. The number of carbonyl (C=O) groups excluding carboxylic acids is 3. The molecule has 3 heterocycles. The first kappa shape index (κ1) is 31.8. The highest BCUT2D eigenvalue weighted by atomic mass is 32.2. The summed E-state index contributed by atoms with van der Waals surface area (Å²) in [7, 11) is -2.47. The lowest BCUT2D eigenvalue weighted by atomic mass is 10.1. The van der Waals surface area contributed by atoms with Gasteiger partial charge >= 0.3 is 12.0 Å². The van der Waals surface area contributed by atoms with E-state index in [9.17, 15) is 22.8 Å². The number of rotatable bonds is 7. The molecule has 3 fully saturated rings. The molecule has 14 heteroatoms. The van der Waals surface area contributed by atoms with Crippen LogP contribution in [0.5, 0.6) is 11.9 Å². The second kappa shape index (κ2) is 12.5. The van der Waals surface area contributed by atoms with Crippen LogP contribution in [-0.2, 0) is 19.6 Å². The summed E-state index contributed by atoms with van der Waals surface area (Å²) in [5.41, 5.74) is -0.0145. The van der Waals surface area contributed by atoms with Crippen LogP contribution in [-0.4, -0.2) is 83.8 Å². The standard InChI is InChI=1S/C32H40N6O7S/c1-31(14-15-31)46(42,43)37-28(40)32-19-22(32)13-9-4-3-5-10-16-33-30(41)38-20-23(17-25(38)27(39)36-32)45-26-18-24(34-29(35-26)44-2)21-11-7-6-8-12-21/h6-9,11-13,18,22-23,25H,3-5,10,14-17,19-20H2,1-2H3,(H,33,41)(H,36,39)(H,37,40)/t22-,23-,25+,32-/m1/s1. The van der Waals surface area contributed by atoms with E-state index in [4.69, 9.17) is 9.47 Å². The smallest absolute Gasteiger partial charge is 0.320 e. The Morgan fingerprint density at radius 3 is 2.63 bits per heavy atom. The highest BCUT2D eigenvalue weighted by molar-refractivity contribution is 7.91. The van der Waals surface area contributed by atoms with E-state index < -0.39 is 50.3 Å². The Bertz CT molecular complexity index is 1630. The molecular formula is C32H40N6O7S. The number of methoxy groups -OCH3 is 1. The maximum atomic E-state index is 14.0. The van der Waals surface area contributed by atoms with Gasteiger partial charge in [0.25, 0.3) is 5.91 Å². The second-order valence-electron chi connectivity index (χ2n) is 12.8. The van der Waals surface area contributed by atoms with Gasteiger partial charge in [-0.3, -0.25) is 14.3 Å². The summed E-state index contributed by atoms with van der Waals surface area (Å²) in [5, 5.41) is 5.78. The molecule has 0 spiro atoms. The van der Waals surface area contributed by atoms with Crippen LogP contribution in [0.25, 0.3) is 11.3 Å². The van der Waals surface area contributed by atoms with Crippen molar-refractivity contribution in [1.82, 2.24) is 30.2 Å². The number of sulfonamides is 1. The molecule has 1 aromatic carbocycles. The van der Waals surface area contributed by atoms with Gasteiger partial charge < -0.3 is 25.0 Å². The lowest BCUT2D eigenvalue weighted by molar-refractivity contribution is -0.131. The molecule has 2 aliphatic carbocycles. The first-order valence-corrected chi connectivity index (χ1v) is 17.3. The summed E-state index contributed by atoms with van der Waals surface area (Å²) in [6.07, 6.45) is 7.92. The van der Waals surface area contributed by atoms with E-state index in [1.807, 2.05) is 42.5 Å². The third-order valence-corrected chi connectivity index (χ3v) is 11.5. The third kappa shape index (κ3) is 6.53. The number of amides is 4. The Hall–Kier alpha value is -4.20. The van der Waals surface area contributed by atoms with Crippen molar-refractivity contribution in [3.8, 4) is 23.1 Å². The molecule has 246 valence electrons. The van der Waals surface area contributed by atoms with E-state index in [-0.39, 0.29) is 37.2 Å². The zero-order chi connectivity index (χ0) is 32.5. The molecule has 0 unspecified atom stereocenters. The Morgan fingerprint density at radius 2 is 1.89 bits per heavy atom. The van der Waals surface area contributed by atoms with E-state index in [1.54, 1.807) is 13.0 Å². The molecule has 0 bridgehead atoms. The van der Waals surface area contributed by atoms with Crippen molar-refractivity contribution < 1.29 is 32.3 Å². The maximum Gasteiger partial charge on any atom is 0.320 e. The number of allylic oxidation sites excluding steroid dienone is 1. The minimum atomic E-state index is -3.92. The van der Waals surface area contributed by atoms with Crippen LogP contribution in [0.3, 0.4) is 0 Å². The molecule has 46 heavy (non-hydrogen) atoms. The van der Waals surface area contributed by atoms with Gasteiger partial charge in [0.05, 0.1) is 24.1 Å². The molecule has 6 rings (SSSR count). The van der Waals surface area contributed by atoms with E-state index in [0.717, 1.165) is 31.2 Å². The van der Waals surface area contributed by atoms with Gasteiger partial charge in [-0.05, 0) is 45.4 Å². The van der Waals surface area contributed by atoms with Crippen molar-refractivity contribution in [3.05, 3.63) is 48.6 Å². The fourth-order valence-electron chi connectivity index (χ4n) is 6.03. The van der Waals surface area contributed by atoms with Gasteiger partial charge in [0.1, 0.15) is 17.7 Å². The zero-order valence-corrected chi connectivity index (χ0v) is 26.8. The predicted molar refractivity (Wildman–Crippen MR) is 168 cm³/mol. The predicted octanol–water partition coefficient (Wildman–Crippen LogP) is 2.69. The van der Waals surface area contributed by atoms with E-state index >= 15 is 0 Å². The maximum absolute atomic E-state index is 14.0. The molecule has 1 saturated heterocycles. The zero-order valence-electron chi connectivity index (χ0n) is 26.0. The van der Waals surface area contributed by atoms with E-state index in [0.29, 0.717) is 25.1 Å². The molecule has 4 atom stereocenters. The number of fused-ring (bicyclic) bond motifs is 2. The summed E-state index contributed by atoms with van der Waals surface area (Å²) < 4.78 is 38.7. The molecule has 2 saturated carbocycles. The number of urea groups is 1. The average molecular weight is 653 g/mol. The van der Waals surface area contributed by atoms with Crippen LogP contribution >= 0.6 is 0 Å². The van der Waals surface area contributed by atoms with Gasteiger partial charge in [0.2, 0.25) is 21.8 Å². The first-order valence-electron chi connectivity index (χ1n) is 15.8. The second-order valence-corrected chi connectivity index (χ2v) is 14.9. The molecule has 2 aromatic rings. The SMILES string of the molecule is COc1nc(O[C@@H]2C[C@H]3C(=O)N[C@]4(C(=O)NS(=O)(=O)C5(C)CC5)C[C@H]4C=CCCCCCNC(=O)N3C2)cc(-c2ccccc2)n1. The van der Waals surface area contributed by atoms with Crippen LogP contribution in [0.4, 0.5) is 4.79 Å². The van der Waals surface area contributed by atoms with Crippen molar-refractivity contribution >= 4 is 27.9 Å². The highest BCUT2D eigenvalue weighted by Gasteiger charge is 2.63. The molecule has 1 aromatic heterocycles. The van der Waals surface area contributed by atoms with Crippen LogP contribution < -0.4 is 24.8 Å². The fraction of sp³-hybridized carbons (Fsp3) is 0.531. The lowest BCUT2D eigenvalue weighted by Crippen LogP contribution is -2.57. The monoisotopic (exact) mass is 652 g/mol. The topological polar surface area (TPSA) is 169 Å². The minimum absolute atomic E-state index is 0.0895. The first-order chi connectivity index (χ1) is 22.0. The molecule has 3 N–H and O–H groups in total. The Kier molecular flexibility index (Phi) is 8.66. The van der Waals surface area contributed by atoms with Crippen molar-refractivity contribution in [2.75, 3.05) is 20.2 Å². The van der Waals surface area contributed by atoms with Crippen molar-refractivity contribution in [2.24, 2.45) is 5.92 Å². The number of nitrogens with one attached hydrogen (secondary N) is 3. The summed E-state index contributed by atoms with van der Waals surface area (Å²) in [5.74, 6) is -1.45. The number of nitrogens with zero attached hydrogens (tertiary/aromatic N) is 3. The number of carbonyl (C=O) groups is 3. The van der Waals surface area contributed by atoms with Crippen molar-refractivity contribution in [3.63, 3.8) is 0 Å². The average Bonchev–Trinajstić information content (AvgIpc) is 3.92. The highest BCUT2D eigenvalue weighted by Crippen LogP contribution is 2.47. The minimum Gasteiger partial charge on any atom is -0.472 e. The molecule has 2 aliphatic heterocycles. The Labute approximate surface area is 268 Å². The van der Waals surface area contributed by atoms with Gasteiger partial charge in [0, 0.05) is 30.5 Å². The van der Waals surface area contributed by atoms with Gasteiger partial charge in [-0.2, -0.15) is 9.97 Å². The lowest BCUT2D eigenvalue weighted by Gasteiger charge is -2.27. The molecular weight excluding hydrogens is 612 g/mol. The van der Waals surface area contributed by atoms with Gasteiger partial charge in [-0.25, -0.2) is 13.2 Å². The largest absolute Gasteiger partial charge is 0.472 e.